The van der Waals surface area contributed by atoms with Gasteiger partial charge in [0.25, 0.3) is 5.69 Å². The summed E-state index contributed by atoms with van der Waals surface area (Å²) in [5.41, 5.74) is 0.796. The molecule has 1 rings (SSSR count). The Labute approximate surface area is 119 Å². The molecule has 0 bridgehead atoms. The summed E-state index contributed by atoms with van der Waals surface area (Å²) < 4.78 is 23.1. The molecular formula is C13H20N2O4S. The maximum Gasteiger partial charge on any atom is 0.269 e. The molecule has 0 saturated carbocycles. The van der Waals surface area contributed by atoms with Crippen LogP contribution in [0.2, 0.25) is 0 Å². The number of nitro groups is 1. The fraction of sp³-hybridized carbons (Fsp3) is 0.538. The van der Waals surface area contributed by atoms with E-state index in [9.17, 15) is 18.5 Å². The van der Waals surface area contributed by atoms with Crippen molar-refractivity contribution in [2.75, 3.05) is 11.5 Å². The minimum atomic E-state index is -3.04. The van der Waals surface area contributed by atoms with E-state index < -0.39 is 14.8 Å². The van der Waals surface area contributed by atoms with E-state index in [0.29, 0.717) is 0 Å². The van der Waals surface area contributed by atoms with Gasteiger partial charge >= 0.3 is 0 Å². The van der Waals surface area contributed by atoms with Gasteiger partial charge in [-0.3, -0.25) is 10.1 Å². The van der Waals surface area contributed by atoms with Crippen molar-refractivity contribution in [2.45, 2.75) is 32.9 Å². The molecule has 1 aromatic rings. The van der Waals surface area contributed by atoms with Gasteiger partial charge in [-0.25, -0.2) is 8.42 Å². The normalized spacial score (nSPS) is 14.8. The zero-order chi connectivity index (χ0) is 15.3. The van der Waals surface area contributed by atoms with Crippen LogP contribution in [-0.2, 0) is 9.84 Å². The van der Waals surface area contributed by atoms with Gasteiger partial charge in [-0.05, 0) is 19.4 Å². The molecule has 0 aliphatic rings. The maximum absolute atomic E-state index is 11.5. The topological polar surface area (TPSA) is 89.3 Å². The lowest BCUT2D eigenvalue weighted by atomic mass is 10.1. The molecule has 0 spiro atoms. The Hall–Kier alpha value is -1.47. The first-order valence-electron chi connectivity index (χ1n) is 6.46. The first-order valence-corrected chi connectivity index (χ1v) is 8.28. The van der Waals surface area contributed by atoms with Crippen molar-refractivity contribution in [2.24, 2.45) is 0 Å². The molecule has 0 fully saturated rings. The summed E-state index contributed by atoms with van der Waals surface area (Å²) in [7, 11) is -3.04. The van der Waals surface area contributed by atoms with E-state index in [4.69, 9.17) is 0 Å². The van der Waals surface area contributed by atoms with Gasteiger partial charge in [-0.1, -0.05) is 19.1 Å². The highest BCUT2D eigenvalue weighted by Gasteiger charge is 2.17. The minimum Gasteiger partial charge on any atom is -0.307 e. The van der Waals surface area contributed by atoms with E-state index in [0.717, 1.165) is 5.56 Å². The quantitative estimate of drug-likeness (QED) is 0.615. The van der Waals surface area contributed by atoms with E-state index in [1.807, 2.05) is 6.92 Å². The lowest BCUT2D eigenvalue weighted by Gasteiger charge is -2.20. The zero-order valence-electron chi connectivity index (χ0n) is 11.9. The van der Waals surface area contributed by atoms with E-state index in [-0.39, 0.29) is 29.3 Å². The molecule has 2 atom stereocenters. The number of sulfone groups is 1. The molecule has 0 aromatic heterocycles. The first kappa shape index (κ1) is 16.6. The number of rotatable bonds is 7. The molecule has 0 heterocycles. The number of hydrogen-bond acceptors (Lipinski definition) is 5. The predicted octanol–water partition coefficient (Wildman–Crippen LogP) is 2.07. The molecule has 0 aliphatic heterocycles. The van der Waals surface area contributed by atoms with Crippen molar-refractivity contribution in [3.8, 4) is 0 Å². The van der Waals surface area contributed by atoms with Gasteiger partial charge in [0.2, 0.25) is 0 Å². The van der Waals surface area contributed by atoms with Crippen LogP contribution in [0.25, 0.3) is 0 Å². The smallest absolute Gasteiger partial charge is 0.269 e. The number of nitrogens with zero attached hydrogens (tertiary/aromatic N) is 1. The van der Waals surface area contributed by atoms with Crippen LogP contribution >= 0.6 is 0 Å². The fourth-order valence-corrected chi connectivity index (χ4v) is 3.07. The van der Waals surface area contributed by atoms with Gasteiger partial charge in [0.15, 0.2) is 9.84 Å². The third kappa shape index (κ3) is 4.90. The standard InChI is InChI=1S/C13H20N2O4S/c1-4-20(18,19)9-10(2)14-11(3)12-6-5-7-13(8-12)15(16)17/h5-8,10-11,14H,4,9H2,1-3H3. The predicted molar refractivity (Wildman–Crippen MR) is 78.4 cm³/mol. The summed E-state index contributed by atoms with van der Waals surface area (Å²) in [6.07, 6.45) is 0. The lowest BCUT2D eigenvalue weighted by molar-refractivity contribution is -0.384. The third-order valence-corrected chi connectivity index (χ3v) is 4.95. The molecule has 0 amide bonds. The second-order valence-electron chi connectivity index (χ2n) is 4.84. The molecule has 112 valence electrons. The van der Waals surface area contributed by atoms with Crippen molar-refractivity contribution in [1.29, 1.82) is 0 Å². The third-order valence-electron chi connectivity index (χ3n) is 3.06. The summed E-state index contributed by atoms with van der Waals surface area (Å²) in [6.45, 7) is 5.27. The highest BCUT2D eigenvalue weighted by Crippen LogP contribution is 2.19. The van der Waals surface area contributed by atoms with Crippen molar-refractivity contribution in [3.05, 3.63) is 39.9 Å². The lowest BCUT2D eigenvalue weighted by Crippen LogP contribution is -2.35. The maximum atomic E-state index is 11.5. The molecule has 7 heteroatoms. The van der Waals surface area contributed by atoms with Gasteiger partial charge in [0, 0.05) is 30.0 Å². The average molecular weight is 300 g/mol. The van der Waals surface area contributed by atoms with Gasteiger partial charge in [0.1, 0.15) is 0 Å². The summed E-state index contributed by atoms with van der Waals surface area (Å²) in [6, 6.07) is 5.97. The van der Waals surface area contributed by atoms with Crippen LogP contribution in [0.4, 0.5) is 5.69 Å². The van der Waals surface area contributed by atoms with Crippen LogP contribution in [0, 0.1) is 10.1 Å². The van der Waals surface area contributed by atoms with Gasteiger partial charge in [0.05, 0.1) is 10.7 Å². The van der Waals surface area contributed by atoms with Gasteiger partial charge in [-0.2, -0.15) is 0 Å². The highest BCUT2D eigenvalue weighted by molar-refractivity contribution is 7.91. The second-order valence-corrected chi connectivity index (χ2v) is 7.24. The Morgan fingerprint density at radius 3 is 2.55 bits per heavy atom. The Morgan fingerprint density at radius 2 is 2.00 bits per heavy atom. The van der Waals surface area contributed by atoms with Crippen LogP contribution in [0.3, 0.4) is 0 Å². The minimum absolute atomic E-state index is 0.0324. The number of nitro benzene ring substituents is 1. The number of non-ortho nitro benzene ring substituents is 1. The van der Waals surface area contributed by atoms with E-state index in [2.05, 4.69) is 5.32 Å². The average Bonchev–Trinajstić information content (AvgIpc) is 2.38. The van der Waals surface area contributed by atoms with Crippen LogP contribution in [0.15, 0.2) is 24.3 Å². The largest absolute Gasteiger partial charge is 0.307 e. The second kappa shape index (κ2) is 6.81. The fourth-order valence-electron chi connectivity index (χ4n) is 1.98. The van der Waals surface area contributed by atoms with Gasteiger partial charge in [-0.15, -0.1) is 0 Å². The number of nitrogens with one attached hydrogen (secondary N) is 1. The summed E-state index contributed by atoms with van der Waals surface area (Å²) in [4.78, 5) is 10.3. The molecule has 6 nitrogen and oxygen atoms in total. The molecule has 0 aliphatic carbocycles. The Bertz CT molecular complexity index is 571. The van der Waals surface area contributed by atoms with Crippen molar-refractivity contribution >= 4 is 15.5 Å². The molecule has 2 unspecified atom stereocenters. The van der Waals surface area contributed by atoms with Crippen LogP contribution in [0.5, 0.6) is 0 Å². The summed E-state index contributed by atoms with van der Waals surface area (Å²) >= 11 is 0. The number of benzene rings is 1. The Morgan fingerprint density at radius 1 is 1.35 bits per heavy atom. The Kier molecular flexibility index (Phi) is 5.64. The molecular weight excluding hydrogens is 280 g/mol. The zero-order valence-corrected chi connectivity index (χ0v) is 12.7. The molecule has 0 saturated heterocycles. The van der Waals surface area contributed by atoms with E-state index >= 15 is 0 Å². The van der Waals surface area contributed by atoms with Gasteiger partial charge < -0.3 is 5.32 Å². The first-order chi connectivity index (χ1) is 9.25. The number of hydrogen-bond donors (Lipinski definition) is 1. The molecule has 1 aromatic carbocycles. The van der Waals surface area contributed by atoms with Crippen LogP contribution in [-0.4, -0.2) is 30.9 Å². The SMILES string of the molecule is CCS(=O)(=O)CC(C)NC(C)c1cccc([N+](=O)[O-])c1. The van der Waals surface area contributed by atoms with E-state index in [1.165, 1.54) is 12.1 Å². The summed E-state index contributed by atoms with van der Waals surface area (Å²) in [5, 5.41) is 13.9. The highest BCUT2D eigenvalue weighted by atomic mass is 32.2. The molecule has 0 radical (unpaired) electrons. The van der Waals surface area contributed by atoms with Crippen molar-refractivity contribution < 1.29 is 13.3 Å². The Balaban J connectivity index is 2.73. The molecule has 1 N–H and O–H groups in total. The van der Waals surface area contributed by atoms with E-state index in [1.54, 1.807) is 26.0 Å². The molecule has 20 heavy (non-hydrogen) atoms. The van der Waals surface area contributed by atoms with Crippen molar-refractivity contribution in [1.82, 2.24) is 5.32 Å². The monoisotopic (exact) mass is 300 g/mol. The van der Waals surface area contributed by atoms with Crippen molar-refractivity contribution in [3.63, 3.8) is 0 Å². The summed E-state index contributed by atoms with van der Waals surface area (Å²) in [5.74, 6) is 0.174. The van der Waals surface area contributed by atoms with Crippen LogP contribution in [0.1, 0.15) is 32.4 Å². The van der Waals surface area contributed by atoms with Crippen LogP contribution < -0.4 is 5.32 Å².